The second kappa shape index (κ2) is 9.47. The minimum absolute atomic E-state index is 0.185. The standard InChI is InChI=1S/C24H28N4OS/c1-3-14-27(22-13-10-19-6-4-5-7-20(19)15-22)23(29)16-30-24-26-25-17-28(24)21-11-8-18(2)9-12-21/h4-9,11-12,17,22H,3,10,13-16H2,1-2H3. The highest BCUT2D eigenvalue weighted by Crippen LogP contribution is 2.26. The van der Waals surface area contributed by atoms with Gasteiger partial charge in [0.15, 0.2) is 5.16 Å². The van der Waals surface area contributed by atoms with Crippen LogP contribution >= 0.6 is 11.8 Å². The molecule has 156 valence electrons. The number of amides is 1. The van der Waals surface area contributed by atoms with E-state index in [0.717, 1.165) is 43.1 Å². The Morgan fingerprint density at radius 1 is 1.17 bits per heavy atom. The molecule has 1 atom stereocenters. The van der Waals surface area contributed by atoms with Crippen molar-refractivity contribution in [2.75, 3.05) is 12.3 Å². The minimum Gasteiger partial charge on any atom is -0.339 e. The molecule has 2 aromatic carbocycles. The number of hydrogen-bond donors (Lipinski definition) is 0. The lowest BCUT2D eigenvalue weighted by molar-refractivity contribution is -0.130. The molecule has 1 aliphatic carbocycles. The zero-order chi connectivity index (χ0) is 20.9. The summed E-state index contributed by atoms with van der Waals surface area (Å²) in [4.78, 5) is 15.3. The molecule has 1 unspecified atom stereocenters. The maximum absolute atomic E-state index is 13.2. The smallest absolute Gasteiger partial charge is 0.233 e. The van der Waals surface area contributed by atoms with Gasteiger partial charge in [-0.2, -0.15) is 0 Å². The summed E-state index contributed by atoms with van der Waals surface area (Å²) in [6.45, 7) is 5.01. The second-order valence-corrected chi connectivity index (χ2v) is 8.80. The van der Waals surface area contributed by atoms with E-state index in [1.54, 1.807) is 6.33 Å². The molecule has 3 aromatic rings. The lowest BCUT2D eigenvalue weighted by Gasteiger charge is -2.35. The first-order valence-corrected chi connectivity index (χ1v) is 11.6. The summed E-state index contributed by atoms with van der Waals surface area (Å²) in [6.07, 6.45) is 5.70. The molecule has 0 radical (unpaired) electrons. The van der Waals surface area contributed by atoms with E-state index in [9.17, 15) is 4.79 Å². The summed E-state index contributed by atoms with van der Waals surface area (Å²) < 4.78 is 1.94. The maximum atomic E-state index is 13.2. The monoisotopic (exact) mass is 420 g/mol. The first-order chi connectivity index (χ1) is 14.7. The van der Waals surface area contributed by atoms with Gasteiger partial charge in [-0.3, -0.25) is 9.36 Å². The van der Waals surface area contributed by atoms with Crippen molar-refractivity contribution in [1.82, 2.24) is 19.7 Å². The summed E-state index contributed by atoms with van der Waals surface area (Å²) in [5.74, 6) is 0.563. The van der Waals surface area contributed by atoms with Crippen LogP contribution < -0.4 is 0 Å². The van der Waals surface area contributed by atoms with Crippen molar-refractivity contribution in [3.63, 3.8) is 0 Å². The van der Waals surface area contributed by atoms with Crippen LogP contribution in [0, 0.1) is 6.92 Å². The van der Waals surface area contributed by atoms with Crippen molar-refractivity contribution >= 4 is 17.7 Å². The fourth-order valence-electron chi connectivity index (χ4n) is 4.11. The summed E-state index contributed by atoms with van der Waals surface area (Å²) in [5.41, 5.74) is 5.03. The number of rotatable bonds is 7. The number of fused-ring (bicyclic) bond motifs is 1. The number of benzene rings is 2. The van der Waals surface area contributed by atoms with Crippen LogP contribution in [0.5, 0.6) is 0 Å². The van der Waals surface area contributed by atoms with Crippen LogP contribution in [0.2, 0.25) is 0 Å². The first kappa shape index (κ1) is 20.7. The molecule has 1 aliphatic rings. The van der Waals surface area contributed by atoms with E-state index in [2.05, 4.69) is 65.3 Å². The van der Waals surface area contributed by atoms with Crippen LogP contribution in [0.4, 0.5) is 0 Å². The van der Waals surface area contributed by atoms with Gasteiger partial charge < -0.3 is 4.90 Å². The molecular formula is C24H28N4OS. The molecular weight excluding hydrogens is 392 g/mol. The highest BCUT2D eigenvalue weighted by atomic mass is 32.2. The van der Waals surface area contributed by atoms with Crippen molar-refractivity contribution in [3.8, 4) is 5.69 Å². The zero-order valence-corrected chi connectivity index (χ0v) is 18.4. The number of hydrogen-bond acceptors (Lipinski definition) is 4. The Kier molecular flexibility index (Phi) is 6.53. The number of nitrogens with zero attached hydrogens (tertiary/aromatic N) is 4. The Balaban J connectivity index is 1.44. The molecule has 1 aromatic heterocycles. The van der Waals surface area contributed by atoms with E-state index >= 15 is 0 Å². The third-order valence-corrected chi connectivity index (χ3v) is 6.63. The SMILES string of the molecule is CCCN(C(=O)CSc1nncn1-c1ccc(C)cc1)C1CCc2ccccc2C1. The zero-order valence-electron chi connectivity index (χ0n) is 17.6. The predicted molar refractivity (Wildman–Crippen MR) is 121 cm³/mol. The van der Waals surface area contributed by atoms with Crippen LogP contribution in [0.1, 0.15) is 36.5 Å². The molecule has 0 saturated heterocycles. The van der Waals surface area contributed by atoms with E-state index in [1.807, 2.05) is 16.7 Å². The molecule has 0 fully saturated rings. The fourth-order valence-corrected chi connectivity index (χ4v) is 4.93. The number of aryl methyl sites for hydroxylation is 2. The van der Waals surface area contributed by atoms with E-state index in [1.165, 1.54) is 28.5 Å². The number of thioether (sulfide) groups is 1. The molecule has 5 nitrogen and oxygen atoms in total. The van der Waals surface area contributed by atoms with Gasteiger partial charge in [-0.1, -0.05) is 60.6 Å². The van der Waals surface area contributed by atoms with Crippen LogP contribution in [0.25, 0.3) is 5.69 Å². The van der Waals surface area contributed by atoms with Gasteiger partial charge in [0.1, 0.15) is 6.33 Å². The number of aromatic nitrogens is 3. The van der Waals surface area contributed by atoms with Crippen molar-refractivity contribution < 1.29 is 4.79 Å². The van der Waals surface area contributed by atoms with E-state index < -0.39 is 0 Å². The van der Waals surface area contributed by atoms with Crippen LogP contribution in [-0.2, 0) is 17.6 Å². The molecule has 1 heterocycles. The van der Waals surface area contributed by atoms with E-state index in [4.69, 9.17) is 0 Å². The predicted octanol–water partition coefficient (Wildman–Crippen LogP) is 4.46. The Labute approximate surface area is 182 Å². The van der Waals surface area contributed by atoms with Gasteiger partial charge in [0, 0.05) is 18.3 Å². The largest absolute Gasteiger partial charge is 0.339 e. The second-order valence-electron chi connectivity index (χ2n) is 7.86. The highest BCUT2D eigenvalue weighted by Gasteiger charge is 2.27. The quantitative estimate of drug-likeness (QED) is 0.530. The maximum Gasteiger partial charge on any atom is 0.233 e. The Bertz CT molecular complexity index is 998. The molecule has 6 heteroatoms. The summed E-state index contributed by atoms with van der Waals surface area (Å²) in [5, 5.41) is 9.05. The molecule has 0 saturated carbocycles. The Hall–Kier alpha value is -2.60. The van der Waals surface area contributed by atoms with Gasteiger partial charge in [0.05, 0.1) is 5.75 Å². The van der Waals surface area contributed by atoms with Gasteiger partial charge >= 0.3 is 0 Å². The van der Waals surface area contributed by atoms with Crippen LogP contribution in [-0.4, -0.2) is 43.9 Å². The Morgan fingerprint density at radius 2 is 1.93 bits per heavy atom. The van der Waals surface area contributed by atoms with Crippen molar-refractivity contribution in [3.05, 3.63) is 71.5 Å². The first-order valence-electron chi connectivity index (χ1n) is 10.6. The lowest BCUT2D eigenvalue weighted by Crippen LogP contribution is -2.44. The van der Waals surface area contributed by atoms with Gasteiger partial charge in [-0.25, -0.2) is 0 Å². The minimum atomic E-state index is 0.185. The average Bonchev–Trinajstić information content (AvgIpc) is 3.24. The van der Waals surface area contributed by atoms with Crippen molar-refractivity contribution in [2.24, 2.45) is 0 Å². The average molecular weight is 421 g/mol. The Morgan fingerprint density at radius 3 is 2.70 bits per heavy atom. The molecule has 0 N–H and O–H groups in total. The fraction of sp³-hybridized carbons (Fsp3) is 0.375. The van der Waals surface area contributed by atoms with Gasteiger partial charge in [0.2, 0.25) is 5.91 Å². The van der Waals surface area contributed by atoms with Crippen molar-refractivity contribution in [2.45, 2.75) is 50.7 Å². The molecule has 0 bridgehead atoms. The molecule has 0 aliphatic heterocycles. The molecule has 1 amide bonds. The highest BCUT2D eigenvalue weighted by molar-refractivity contribution is 7.99. The third-order valence-electron chi connectivity index (χ3n) is 5.70. The van der Waals surface area contributed by atoms with Crippen LogP contribution in [0.15, 0.2) is 60.0 Å². The van der Waals surface area contributed by atoms with E-state index in [-0.39, 0.29) is 11.9 Å². The lowest BCUT2D eigenvalue weighted by atomic mass is 9.87. The van der Waals surface area contributed by atoms with Gasteiger partial charge in [-0.05, 0) is 55.9 Å². The van der Waals surface area contributed by atoms with Gasteiger partial charge in [-0.15, -0.1) is 10.2 Å². The van der Waals surface area contributed by atoms with Crippen molar-refractivity contribution in [1.29, 1.82) is 0 Å². The topological polar surface area (TPSA) is 51.0 Å². The van der Waals surface area contributed by atoms with E-state index in [0.29, 0.717) is 5.75 Å². The summed E-state index contributed by atoms with van der Waals surface area (Å²) >= 11 is 1.46. The number of carbonyl (C=O) groups excluding carboxylic acids is 1. The van der Waals surface area contributed by atoms with Gasteiger partial charge in [0.25, 0.3) is 0 Å². The third kappa shape index (κ3) is 4.59. The molecule has 4 rings (SSSR count). The summed E-state index contributed by atoms with van der Waals surface area (Å²) in [7, 11) is 0. The van der Waals surface area contributed by atoms with Crippen LogP contribution in [0.3, 0.4) is 0 Å². The molecule has 0 spiro atoms. The molecule has 30 heavy (non-hydrogen) atoms. The summed E-state index contributed by atoms with van der Waals surface area (Å²) in [6, 6.07) is 17.1. The normalized spacial score (nSPS) is 15.6. The number of carbonyl (C=O) groups is 1.